The number of ether oxygens (including phenoxy) is 3. The molecular weight excluding hydrogens is 464 g/mol. The first-order chi connectivity index (χ1) is 17.9. The summed E-state index contributed by atoms with van der Waals surface area (Å²) in [7, 11) is 0. The molecule has 0 bridgehead atoms. The van der Waals surface area contributed by atoms with Gasteiger partial charge in [-0.05, 0) is 66.9 Å². The summed E-state index contributed by atoms with van der Waals surface area (Å²) in [5.74, 6) is -0.852. The Labute approximate surface area is 217 Å². The monoisotopic (exact) mass is 494 g/mol. The standard InChI is InChI=1S/C32H30O5/c1-20-8-13-23(14-9-20)31(33)35-19-30-29(37-32(34)24-15-10-21(2)11-16-24)18-28(36-30)27-17-12-22(3)25-6-4-5-7-26(25)27/h4-17,28-30H,18-19H2,1-3H3/t28-,29-,30+/m0/s1. The lowest BCUT2D eigenvalue weighted by Gasteiger charge is -2.19. The number of esters is 2. The van der Waals surface area contributed by atoms with E-state index in [9.17, 15) is 9.59 Å². The van der Waals surface area contributed by atoms with Gasteiger partial charge in [-0.1, -0.05) is 71.8 Å². The van der Waals surface area contributed by atoms with Gasteiger partial charge in [0.2, 0.25) is 0 Å². The van der Waals surface area contributed by atoms with Crippen molar-refractivity contribution >= 4 is 22.7 Å². The van der Waals surface area contributed by atoms with Gasteiger partial charge < -0.3 is 14.2 Å². The Morgan fingerprint density at radius 3 is 2.00 bits per heavy atom. The fraction of sp³-hybridized carbons (Fsp3) is 0.250. The average molecular weight is 495 g/mol. The molecule has 0 saturated carbocycles. The second kappa shape index (κ2) is 10.6. The lowest BCUT2D eigenvalue weighted by Crippen LogP contribution is -2.32. The molecule has 188 valence electrons. The number of benzene rings is 4. The zero-order chi connectivity index (χ0) is 25.9. The first kappa shape index (κ1) is 24.7. The number of rotatable bonds is 6. The molecule has 5 heteroatoms. The van der Waals surface area contributed by atoms with E-state index < -0.39 is 24.1 Å². The van der Waals surface area contributed by atoms with Crippen LogP contribution in [-0.2, 0) is 14.2 Å². The highest BCUT2D eigenvalue weighted by Crippen LogP contribution is 2.39. The highest BCUT2D eigenvalue weighted by Gasteiger charge is 2.40. The molecule has 37 heavy (non-hydrogen) atoms. The summed E-state index contributed by atoms with van der Waals surface area (Å²) in [6, 6.07) is 26.8. The Balaban J connectivity index is 1.38. The second-order valence-corrected chi connectivity index (χ2v) is 9.69. The quantitative estimate of drug-likeness (QED) is 0.280. The molecular formula is C32H30O5. The van der Waals surface area contributed by atoms with Crippen LogP contribution >= 0.6 is 0 Å². The molecule has 0 N–H and O–H groups in total. The number of hydrogen-bond donors (Lipinski definition) is 0. The van der Waals surface area contributed by atoms with Crippen molar-refractivity contribution in [3.8, 4) is 0 Å². The van der Waals surface area contributed by atoms with E-state index in [2.05, 4.69) is 31.2 Å². The van der Waals surface area contributed by atoms with Gasteiger partial charge in [0.15, 0.2) is 0 Å². The minimum atomic E-state index is -0.589. The molecule has 0 aromatic heterocycles. The Kier molecular flexibility index (Phi) is 7.06. The van der Waals surface area contributed by atoms with Crippen molar-refractivity contribution in [2.45, 2.75) is 45.5 Å². The number of fused-ring (bicyclic) bond motifs is 1. The van der Waals surface area contributed by atoms with Crippen molar-refractivity contribution in [2.24, 2.45) is 0 Å². The molecule has 1 aliphatic rings. The molecule has 1 saturated heterocycles. The summed E-state index contributed by atoms with van der Waals surface area (Å²) in [5.41, 5.74) is 5.29. The van der Waals surface area contributed by atoms with E-state index in [1.54, 1.807) is 24.3 Å². The predicted octanol–water partition coefficient (Wildman–Crippen LogP) is 6.68. The zero-order valence-electron chi connectivity index (χ0n) is 21.3. The normalized spacial score (nSPS) is 19.1. The smallest absolute Gasteiger partial charge is 0.338 e. The minimum absolute atomic E-state index is 0.0150. The number of hydrogen-bond acceptors (Lipinski definition) is 5. The summed E-state index contributed by atoms with van der Waals surface area (Å²) >= 11 is 0. The van der Waals surface area contributed by atoms with Crippen LogP contribution < -0.4 is 0 Å². The molecule has 1 fully saturated rings. The van der Waals surface area contributed by atoms with Gasteiger partial charge in [0.25, 0.3) is 0 Å². The molecule has 5 nitrogen and oxygen atoms in total. The van der Waals surface area contributed by atoms with Crippen LogP contribution in [0.2, 0.25) is 0 Å². The Hall–Kier alpha value is -3.96. The van der Waals surface area contributed by atoms with Crippen LogP contribution in [0.5, 0.6) is 0 Å². The van der Waals surface area contributed by atoms with E-state index >= 15 is 0 Å². The maximum absolute atomic E-state index is 13.0. The predicted molar refractivity (Wildman–Crippen MR) is 143 cm³/mol. The summed E-state index contributed by atoms with van der Waals surface area (Å²) in [5, 5.41) is 2.26. The van der Waals surface area contributed by atoms with E-state index in [-0.39, 0.29) is 12.7 Å². The topological polar surface area (TPSA) is 61.8 Å². The first-order valence-corrected chi connectivity index (χ1v) is 12.5. The molecule has 0 amide bonds. The molecule has 5 rings (SSSR count). The van der Waals surface area contributed by atoms with E-state index in [4.69, 9.17) is 14.2 Å². The highest BCUT2D eigenvalue weighted by molar-refractivity contribution is 5.90. The summed E-state index contributed by atoms with van der Waals surface area (Å²) in [6.45, 7) is 6.00. The Morgan fingerprint density at radius 1 is 0.757 bits per heavy atom. The van der Waals surface area contributed by atoms with Crippen molar-refractivity contribution in [1.82, 2.24) is 0 Å². The van der Waals surface area contributed by atoms with Crippen LogP contribution in [0.4, 0.5) is 0 Å². The average Bonchev–Trinajstić information content (AvgIpc) is 3.30. The molecule has 3 atom stereocenters. The Bertz CT molecular complexity index is 1420. The van der Waals surface area contributed by atoms with Crippen LogP contribution in [0.1, 0.15) is 55.5 Å². The van der Waals surface area contributed by atoms with Crippen LogP contribution in [0.15, 0.2) is 84.9 Å². The lowest BCUT2D eigenvalue weighted by molar-refractivity contribution is -0.0425. The maximum atomic E-state index is 13.0. The van der Waals surface area contributed by atoms with Crippen molar-refractivity contribution in [3.05, 3.63) is 118 Å². The van der Waals surface area contributed by atoms with Crippen LogP contribution in [0.25, 0.3) is 10.8 Å². The fourth-order valence-corrected chi connectivity index (χ4v) is 4.77. The van der Waals surface area contributed by atoms with Gasteiger partial charge in [-0.2, -0.15) is 0 Å². The van der Waals surface area contributed by atoms with E-state index in [0.29, 0.717) is 17.5 Å². The Morgan fingerprint density at radius 2 is 1.35 bits per heavy atom. The van der Waals surface area contributed by atoms with Gasteiger partial charge in [-0.25, -0.2) is 9.59 Å². The maximum Gasteiger partial charge on any atom is 0.338 e. The van der Waals surface area contributed by atoms with Crippen LogP contribution in [0, 0.1) is 20.8 Å². The molecule has 0 spiro atoms. The zero-order valence-corrected chi connectivity index (χ0v) is 21.3. The number of aryl methyl sites for hydroxylation is 3. The van der Waals surface area contributed by atoms with Crippen molar-refractivity contribution in [1.29, 1.82) is 0 Å². The SMILES string of the molecule is Cc1ccc(C(=O)OC[C@H]2O[C@H](c3ccc(C)c4ccccc34)C[C@@H]2OC(=O)c2ccc(C)cc2)cc1. The number of carbonyl (C=O) groups excluding carboxylic acids is 2. The van der Waals surface area contributed by atoms with Gasteiger partial charge in [0.05, 0.1) is 17.2 Å². The summed E-state index contributed by atoms with van der Waals surface area (Å²) in [6.07, 6.45) is -0.986. The first-order valence-electron chi connectivity index (χ1n) is 12.5. The van der Waals surface area contributed by atoms with E-state index in [0.717, 1.165) is 27.5 Å². The largest absolute Gasteiger partial charge is 0.459 e. The molecule has 4 aromatic carbocycles. The molecule has 1 heterocycles. The van der Waals surface area contributed by atoms with Gasteiger partial charge >= 0.3 is 11.9 Å². The summed E-state index contributed by atoms with van der Waals surface area (Å²) < 4.78 is 18.0. The molecule has 1 aliphatic heterocycles. The van der Waals surface area contributed by atoms with E-state index in [1.165, 1.54) is 5.56 Å². The molecule has 0 unspecified atom stereocenters. The van der Waals surface area contributed by atoms with Crippen molar-refractivity contribution < 1.29 is 23.8 Å². The number of carbonyl (C=O) groups is 2. The second-order valence-electron chi connectivity index (χ2n) is 9.69. The van der Waals surface area contributed by atoms with Gasteiger partial charge in [0.1, 0.15) is 18.8 Å². The van der Waals surface area contributed by atoms with E-state index in [1.807, 2.05) is 50.2 Å². The third kappa shape index (κ3) is 5.42. The third-order valence-electron chi connectivity index (χ3n) is 6.93. The van der Waals surface area contributed by atoms with Gasteiger partial charge in [-0.3, -0.25) is 0 Å². The van der Waals surface area contributed by atoms with Gasteiger partial charge in [0, 0.05) is 6.42 Å². The van der Waals surface area contributed by atoms with Crippen molar-refractivity contribution in [3.63, 3.8) is 0 Å². The van der Waals surface area contributed by atoms with Crippen LogP contribution in [-0.4, -0.2) is 30.8 Å². The third-order valence-corrected chi connectivity index (χ3v) is 6.93. The highest BCUT2D eigenvalue weighted by atomic mass is 16.6. The summed E-state index contributed by atoms with van der Waals surface area (Å²) in [4.78, 5) is 25.6. The minimum Gasteiger partial charge on any atom is -0.459 e. The van der Waals surface area contributed by atoms with Crippen molar-refractivity contribution in [2.75, 3.05) is 6.61 Å². The lowest BCUT2D eigenvalue weighted by atomic mass is 9.95. The molecule has 0 radical (unpaired) electrons. The van der Waals surface area contributed by atoms with Crippen LogP contribution in [0.3, 0.4) is 0 Å². The molecule has 4 aromatic rings. The molecule has 0 aliphatic carbocycles. The van der Waals surface area contributed by atoms with Gasteiger partial charge in [-0.15, -0.1) is 0 Å². The fourth-order valence-electron chi connectivity index (χ4n) is 4.77.